The van der Waals surface area contributed by atoms with Crippen LogP contribution in [-0.2, 0) is 19.4 Å². The topological polar surface area (TPSA) is 8.81 Å². The van der Waals surface area contributed by atoms with Crippen LogP contribution in [0.15, 0.2) is 42.7 Å². The maximum atomic E-state index is 2.46. The normalized spacial score (nSPS) is 11.2. The molecule has 2 heteroatoms. The predicted molar refractivity (Wildman–Crippen MR) is 88.4 cm³/mol. The lowest BCUT2D eigenvalue weighted by atomic mass is 10.1. The predicted octanol–water partition coefficient (Wildman–Crippen LogP) is 4.33. The van der Waals surface area contributed by atoms with Gasteiger partial charge in [-0.3, -0.25) is 0 Å². The van der Waals surface area contributed by atoms with Crippen molar-refractivity contribution < 1.29 is 4.57 Å². The van der Waals surface area contributed by atoms with Gasteiger partial charge in [0.1, 0.15) is 12.4 Å². The second-order valence-corrected chi connectivity index (χ2v) is 6.10. The van der Waals surface area contributed by atoms with E-state index in [0.717, 1.165) is 13.0 Å². The van der Waals surface area contributed by atoms with Crippen molar-refractivity contribution in [1.82, 2.24) is 4.57 Å². The Balaban J connectivity index is 1.98. The average molecular weight is 285 g/mol. The van der Waals surface area contributed by atoms with Crippen LogP contribution in [0.5, 0.6) is 0 Å². The summed E-state index contributed by atoms with van der Waals surface area (Å²) in [6, 6.07) is 11.3. The van der Waals surface area contributed by atoms with Crippen molar-refractivity contribution in [1.29, 1.82) is 0 Å². The summed E-state index contributed by atoms with van der Waals surface area (Å²) < 4.78 is 4.89. The molecule has 0 aliphatic carbocycles. The third-order valence-electron chi connectivity index (χ3n) is 4.05. The molecule has 0 amide bonds. The van der Waals surface area contributed by atoms with Gasteiger partial charge < -0.3 is 0 Å². The van der Waals surface area contributed by atoms with Crippen molar-refractivity contribution in [3.05, 3.63) is 54.1 Å². The SMILES string of the molecule is CCCCc1n(C(C)C)cc[n+]1CCCc1ccccc1. The van der Waals surface area contributed by atoms with Gasteiger partial charge in [0.2, 0.25) is 0 Å². The van der Waals surface area contributed by atoms with Crippen molar-refractivity contribution in [2.24, 2.45) is 0 Å². The Hall–Kier alpha value is -1.57. The van der Waals surface area contributed by atoms with E-state index in [4.69, 9.17) is 0 Å². The van der Waals surface area contributed by atoms with Gasteiger partial charge in [-0.15, -0.1) is 0 Å². The molecule has 0 unspecified atom stereocenters. The summed E-state index contributed by atoms with van der Waals surface area (Å²) in [5, 5.41) is 0. The lowest BCUT2D eigenvalue weighted by molar-refractivity contribution is -0.704. The first-order chi connectivity index (χ1) is 10.2. The smallest absolute Gasteiger partial charge is 0.234 e. The maximum Gasteiger partial charge on any atom is 0.256 e. The highest BCUT2D eigenvalue weighted by molar-refractivity contribution is 5.14. The molecule has 2 rings (SSSR count). The van der Waals surface area contributed by atoms with E-state index in [0.29, 0.717) is 6.04 Å². The van der Waals surface area contributed by atoms with Crippen LogP contribution in [0.25, 0.3) is 0 Å². The fourth-order valence-corrected chi connectivity index (χ4v) is 2.85. The lowest BCUT2D eigenvalue weighted by Gasteiger charge is -2.07. The number of benzene rings is 1. The number of hydrogen-bond donors (Lipinski definition) is 0. The summed E-state index contributed by atoms with van der Waals surface area (Å²) in [6.45, 7) is 7.92. The van der Waals surface area contributed by atoms with Crippen LogP contribution >= 0.6 is 0 Å². The van der Waals surface area contributed by atoms with Crippen LogP contribution in [0.2, 0.25) is 0 Å². The second kappa shape index (κ2) is 8.02. The Labute approximate surface area is 129 Å². The number of aryl methyl sites for hydroxylation is 2. The summed E-state index contributed by atoms with van der Waals surface area (Å²) in [7, 11) is 0. The van der Waals surface area contributed by atoms with Crippen molar-refractivity contribution in [2.45, 2.75) is 65.5 Å². The molecule has 1 heterocycles. The third kappa shape index (κ3) is 4.45. The van der Waals surface area contributed by atoms with Crippen LogP contribution in [-0.4, -0.2) is 4.57 Å². The number of imidazole rings is 1. The summed E-state index contributed by atoms with van der Waals surface area (Å²) >= 11 is 0. The number of unbranched alkanes of at least 4 members (excludes halogenated alkanes) is 1. The number of rotatable bonds is 8. The van der Waals surface area contributed by atoms with Gasteiger partial charge in [-0.1, -0.05) is 43.7 Å². The Morgan fingerprint density at radius 1 is 1.05 bits per heavy atom. The van der Waals surface area contributed by atoms with Crippen molar-refractivity contribution in [3.8, 4) is 0 Å². The number of hydrogen-bond acceptors (Lipinski definition) is 0. The summed E-state index contributed by atoms with van der Waals surface area (Å²) in [6.07, 6.45) is 10.6. The molecule has 1 aromatic carbocycles. The average Bonchev–Trinajstić information content (AvgIpc) is 2.89. The van der Waals surface area contributed by atoms with Gasteiger partial charge in [0, 0.05) is 6.42 Å². The minimum absolute atomic E-state index is 0.548. The molecular formula is C19H29N2+. The molecule has 0 saturated carbocycles. The molecule has 2 aromatic rings. The number of nitrogens with zero attached hydrogens (tertiary/aromatic N) is 2. The molecule has 114 valence electrons. The van der Waals surface area contributed by atoms with E-state index < -0.39 is 0 Å². The van der Waals surface area contributed by atoms with E-state index in [-0.39, 0.29) is 0 Å². The van der Waals surface area contributed by atoms with E-state index in [1.54, 1.807) is 0 Å². The zero-order valence-corrected chi connectivity index (χ0v) is 13.8. The Kier molecular flexibility index (Phi) is 6.04. The first-order valence-electron chi connectivity index (χ1n) is 8.35. The molecule has 0 aliphatic heterocycles. The standard InChI is InChI=1S/C19H29N2/c1-4-5-13-19-20(15-16-21(19)17(2)3)14-9-12-18-10-7-6-8-11-18/h6-8,10-11,15-17H,4-5,9,12-14H2,1-3H3/q+1. The quantitative estimate of drug-likeness (QED) is 0.638. The molecule has 0 saturated heterocycles. The highest BCUT2D eigenvalue weighted by Gasteiger charge is 2.18. The summed E-state index contributed by atoms with van der Waals surface area (Å²) in [4.78, 5) is 0. The maximum absolute atomic E-state index is 2.46. The monoisotopic (exact) mass is 285 g/mol. The zero-order valence-electron chi connectivity index (χ0n) is 13.8. The van der Waals surface area contributed by atoms with E-state index in [1.165, 1.54) is 37.1 Å². The fourth-order valence-electron chi connectivity index (χ4n) is 2.85. The third-order valence-corrected chi connectivity index (χ3v) is 4.05. The molecule has 0 aliphatic rings. The molecule has 21 heavy (non-hydrogen) atoms. The van der Waals surface area contributed by atoms with Gasteiger partial charge in [-0.2, -0.15) is 0 Å². The summed E-state index contributed by atoms with van der Waals surface area (Å²) in [5.41, 5.74) is 1.44. The van der Waals surface area contributed by atoms with Crippen LogP contribution in [0.3, 0.4) is 0 Å². The van der Waals surface area contributed by atoms with E-state index >= 15 is 0 Å². The van der Waals surface area contributed by atoms with Crippen molar-refractivity contribution >= 4 is 0 Å². The first-order valence-corrected chi connectivity index (χ1v) is 8.35. The Bertz CT molecular complexity index is 526. The highest BCUT2D eigenvalue weighted by atomic mass is 15.2. The van der Waals surface area contributed by atoms with Gasteiger partial charge >= 0.3 is 0 Å². The van der Waals surface area contributed by atoms with Crippen LogP contribution in [0.4, 0.5) is 0 Å². The van der Waals surface area contributed by atoms with Gasteiger partial charge in [-0.25, -0.2) is 9.13 Å². The largest absolute Gasteiger partial charge is 0.256 e. The lowest BCUT2D eigenvalue weighted by Crippen LogP contribution is -2.37. The second-order valence-electron chi connectivity index (χ2n) is 6.10. The highest BCUT2D eigenvalue weighted by Crippen LogP contribution is 2.10. The van der Waals surface area contributed by atoms with Gasteiger partial charge in [0.05, 0.1) is 12.6 Å². The molecule has 2 nitrogen and oxygen atoms in total. The van der Waals surface area contributed by atoms with Gasteiger partial charge in [-0.05, 0) is 38.7 Å². The van der Waals surface area contributed by atoms with Crippen LogP contribution < -0.4 is 4.57 Å². The van der Waals surface area contributed by atoms with Gasteiger partial charge in [0.15, 0.2) is 0 Å². The number of aromatic nitrogens is 2. The molecule has 0 radical (unpaired) electrons. The molecule has 0 N–H and O–H groups in total. The Morgan fingerprint density at radius 3 is 2.48 bits per heavy atom. The molecule has 0 bridgehead atoms. The molecule has 0 fully saturated rings. The fraction of sp³-hybridized carbons (Fsp3) is 0.526. The summed E-state index contributed by atoms with van der Waals surface area (Å²) in [5.74, 6) is 1.49. The first kappa shape index (κ1) is 15.8. The molecule has 0 spiro atoms. The zero-order chi connectivity index (χ0) is 15.1. The van der Waals surface area contributed by atoms with Crippen LogP contribution in [0.1, 0.15) is 57.5 Å². The molecule has 0 atom stereocenters. The minimum Gasteiger partial charge on any atom is -0.234 e. The van der Waals surface area contributed by atoms with Crippen LogP contribution in [0, 0.1) is 0 Å². The van der Waals surface area contributed by atoms with Crippen molar-refractivity contribution in [2.75, 3.05) is 0 Å². The van der Waals surface area contributed by atoms with Crippen molar-refractivity contribution in [3.63, 3.8) is 0 Å². The minimum atomic E-state index is 0.548. The Morgan fingerprint density at radius 2 is 1.81 bits per heavy atom. The van der Waals surface area contributed by atoms with E-state index in [2.05, 4.69) is 72.6 Å². The van der Waals surface area contributed by atoms with E-state index in [9.17, 15) is 0 Å². The molecular weight excluding hydrogens is 256 g/mol. The van der Waals surface area contributed by atoms with Gasteiger partial charge in [0.25, 0.3) is 5.82 Å². The molecule has 1 aromatic heterocycles. The van der Waals surface area contributed by atoms with E-state index in [1.807, 2.05) is 0 Å².